The fourth-order valence-corrected chi connectivity index (χ4v) is 2.01. The van der Waals surface area contributed by atoms with Gasteiger partial charge < -0.3 is 9.84 Å². The summed E-state index contributed by atoms with van der Waals surface area (Å²) in [6.45, 7) is 1.01. The number of benzene rings is 1. The first-order valence-electron chi connectivity index (χ1n) is 5.00. The van der Waals surface area contributed by atoms with Crippen molar-refractivity contribution in [1.29, 1.82) is 0 Å². The first-order valence-corrected chi connectivity index (χ1v) is 7.52. The van der Waals surface area contributed by atoms with Crippen LogP contribution in [0.5, 0.6) is 5.75 Å². The lowest BCUT2D eigenvalue weighted by Gasteiger charge is -2.15. The standard InChI is InChI=1S/C10H7F3INO5S/c1-5(16)20-8-4-6(14)2-3-7(8)9(17)15-21(18,19)10(11,12)13/h2-4H,1H3,(H,15,17)/p-1. The molecule has 0 aromatic heterocycles. The van der Waals surface area contributed by atoms with Gasteiger partial charge in [0.15, 0.2) is 0 Å². The molecule has 0 bridgehead atoms. The molecule has 0 saturated carbocycles. The highest BCUT2D eigenvalue weighted by molar-refractivity contribution is 14.1. The fourth-order valence-electron chi connectivity index (χ4n) is 1.12. The van der Waals surface area contributed by atoms with E-state index in [2.05, 4.69) is 9.13 Å². The molecule has 0 aliphatic carbocycles. The lowest BCUT2D eigenvalue weighted by molar-refractivity contribution is -0.212. The molecule has 6 nitrogen and oxygen atoms in total. The van der Waals surface area contributed by atoms with Crippen molar-refractivity contribution in [2.75, 3.05) is 0 Å². The molecule has 0 aliphatic heterocycles. The molecular formula is C10H6F3INO5S-. The zero-order chi connectivity index (χ0) is 16.4. The third-order valence-electron chi connectivity index (χ3n) is 1.92. The van der Waals surface area contributed by atoms with Crippen molar-refractivity contribution in [1.82, 2.24) is 0 Å². The lowest BCUT2D eigenvalue weighted by atomic mass is 10.2. The lowest BCUT2D eigenvalue weighted by Crippen LogP contribution is -2.27. The van der Waals surface area contributed by atoms with Gasteiger partial charge in [0.05, 0.1) is 0 Å². The van der Waals surface area contributed by atoms with Gasteiger partial charge in [-0.05, 0) is 40.8 Å². The summed E-state index contributed by atoms with van der Waals surface area (Å²) in [7, 11) is -5.97. The molecule has 0 radical (unpaired) electrons. The summed E-state index contributed by atoms with van der Waals surface area (Å²) in [4.78, 5) is 10.9. The maximum Gasteiger partial charge on any atom is 0.518 e. The van der Waals surface area contributed by atoms with Gasteiger partial charge in [-0.3, -0.25) is 4.79 Å². The van der Waals surface area contributed by atoms with Crippen LogP contribution in [0, 0.1) is 3.57 Å². The number of esters is 1. The second kappa shape index (κ2) is 6.17. The Labute approximate surface area is 130 Å². The van der Waals surface area contributed by atoms with Crippen molar-refractivity contribution in [3.05, 3.63) is 27.3 Å². The van der Waals surface area contributed by atoms with E-state index < -0.39 is 33.0 Å². The van der Waals surface area contributed by atoms with E-state index in [1.54, 1.807) is 22.6 Å². The van der Waals surface area contributed by atoms with Crippen molar-refractivity contribution >= 4 is 44.5 Å². The summed E-state index contributed by atoms with van der Waals surface area (Å²) in [5.41, 5.74) is -6.26. The fraction of sp³-hybridized carbons (Fsp3) is 0.200. The summed E-state index contributed by atoms with van der Waals surface area (Å²) < 4.78 is 65.4. The number of ether oxygens (including phenoxy) is 1. The highest BCUT2D eigenvalue weighted by Gasteiger charge is 2.45. The van der Waals surface area contributed by atoms with Crippen LogP contribution in [-0.4, -0.2) is 25.8 Å². The SMILES string of the molecule is CC(=O)Oc1cc(I)ccc1/C([O-])=N/S(=O)(=O)C(F)(F)F. The number of carbonyl (C=O) groups is 1. The largest absolute Gasteiger partial charge is 0.858 e. The quantitative estimate of drug-likeness (QED) is 0.233. The summed E-state index contributed by atoms with van der Waals surface area (Å²) in [5, 5.41) is 11.6. The van der Waals surface area contributed by atoms with E-state index in [9.17, 15) is 31.5 Å². The van der Waals surface area contributed by atoms with Gasteiger partial charge in [0.1, 0.15) is 5.75 Å². The molecule has 0 aliphatic rings. The van der Waals surface area contributed by atoms with E-state index in [0.717, 1.165) is 13.0 Å². The number of halogens is 4. The van der Waals surface area contributed by atoms with Crippen LogP contribution in [0.3, 0.4) is 0 Å². The Kier molecular flexibility index (Phi) is 5.20. The predicted octanol–water partition coefficient (Wildman–Crippen LogP) is 1.17. The van der Waals surface area contributed by atoms with Crippen LogP contribution in [0.2, 0.25) is 0 Å². The monoisotopic (exact) mass is 436 g/mol. The minimum absolute atomic E-state index is 0.375. The predicted molar refractivity (Wildman–Crippen MR) is 72.0 cm³/mol. The average Bonchev–Trinajstić information content (AvgIpc) is 2.25. The third-order valence-corrected chi connectivity index (χ3v) is 3.59. The van der Waals surface area contributed by atoms with Crippen LogP contribution in [0.15, 0.2) is 22.6 Å². The van der Waals surface area contributed by atoms with E-state index in [4.69, 9.17) is 0 Å². The number of sulfonamides is 1. The first kappa shape index (κ1) is 17.7. The van der Waals surface area contributed by atoms with Crippen LogP contribution >= 0.6 is 22.6 Å². The van der Waals surface area contributed by atoms with Crippen LogP contribution in [0.1, 0.15) is 12.5 Å². The van der Waals surface area contributed by atoms with Gasteiger partial charge in [-0.15, -0.1) is 0 Å². The van der Waals surface area contributed by atoms with E-state index in [0.29, 0.717) is 3.57 Å². The molecule has 0 spiro atoms. The van der Waals surface area contributed by atoms with Crippen molar-refractivity contribution in [3.63, 3.8) is 0 Å². The van der Waals surface area contributed by atoms with E-state index in [-0.39, 0.29) is 5.75 Å². The van der Waals surface area contributed by atoms with Crippen LogP contribution in [-0.2, 0) is 14.8 Å². The van der Waals surface area contributed by atoms with E-state index in [1.807, 2.05) is 0 Å². The molecule has 1 rings (SSSR count). The maximum atomic E-state index is 12.2. The summed E-state index contributed by atoms with van der Waals surface area (Å²) in [5.74, 6) is -2.88. The van der Waals surface area contributed by atoms with Gasteiger partial charge >= 0.3 is 21.5 Å². The third kappa shape index (κ3) is 4.56. The Balaban J connectivity index is 3.37. The molecule has 116 valence electrons. The molecule has 0 atom stereocenters. The molecule has 0 N–H and O–H groups in total. The molecule has 0 amide bonds. The Morgan fingerprint density at radius 3 is 2.43 bits per heavy atom. The van der Waals surface area contributed by atoms with Crippen LogP contribution < -0.4 is 9.84 Å². The Morgan fingerprint density at radius 1 is 1.38 bits per heavy atom. The molecule has 0 fully saturated rings. The second-order valence-electron chi connectivity index (χ2n) is 3.55. The molecule has 1 aromatic carbocycles. The second-order valence-corrected chi connectivity index (χ2v) is 6.39. The van der Waals surface area contributed by atoms with Gasteiger partial charge in [0.2, 0.25) is 0 Å². The van der Waals surface area contributed by atoms with Crippen molar-refractivity contribution < 1.29 is 36.2 Å². The summed E-state index contributed by atoms with van der Waals surface area (Å²) >= 11 is 1.80. The van der Waals surface area contributed by atoms with Gasteiger partial charge in [-0.25, -0.2) is 0 Å². The zero-order valence-electron chi connectivity index (χ0n) is 10.1. The molecule has 0 heterocycles. The number of alkyl halides is 3. The minimum atomic E-state index is -5.97. The van der Waals surface area contributed by atoms with Crippen molar-refractivity contribution in [2.24, 2.45) is 4.40 Å². The topological polar surface area (TPSA) is 95.9 Å². The number of nitrogens with zero attached hydrogens (tertiary/aromatic N) is 1. The summed E-state index contributed by atoms with van der Waals surface area (Å²) in [6, 6.07) is 3.51. The van der Waals surface area contributed by atoms with Gasteiger partial charge in [0.25, 0.3) is 0 Å². The van der Waals surface area contributed by atoms with Crippen molar-refractivity contribution in [2.45, 2.75) is 12.4 Å². The smallest absolute Gasteiger partial charge is 0.518 e. The molecule has 0 saturated heterocycles. The van der Waals surface area contributed by atoms with Crippen LogP contribution in [0.4, 0.5) is 13.2 Å². The Bertz CT molecular complexity index is 699. The first-order chi connectivity index (χ1) is 9.44. The Hall–Kier alpha value is -1.37. The molecule has 11 heteroatoms. The van der Waals surface area contributed by atoms with Crippen LogP contribution in [0.25, 0.3) is 0 Å². The van der Waals surface area contributed by atoms with Gasteiger partial charge in [-0.1, -0.05) is 0 Å². The normalized spacial score (nSPS) is 13.1. The number of hydrogen-bond acceptors (Lipinski definition) is 5. The Morgan fingerprint density at radius 2 is 1.95 bits per heavy atom. The molecule has 0 unspecified atom stereocenters. The van der Waals surface area contributed by atoms with Crippen molar-refractivity contribution in [3.8, 4) is 5.75 Å². The minimum Gasteiger partial charge on any atom is -0.858 e. The number of rotatable bonds is 3. The zero-order valence-corrected chi connectivity index (χ0v) is 13.1. The molecule has 21 heavy (non-hydrogen) atoms. The number of hydrogen-bond donors (Lipinski definition) is 0. The maximum absolute atomic E-state index is 12.2. The van der Waals surface area contributed by atoms with Gasteiger partial charge in [0, 0.05) is 22.0 Å². The molecule has 1 aromatic rings. The van der Waals surface area contributed by atoms with E-state index in [1.165, 1.54) is 12.1 Å². The number of carbonyl (C=O) groups excluding carboxylic acids is 1. The van der Waals surface area contributed by atoms with E-state index >= 15 is 0 Å². The highest BCUT2D eigenvalue weighted by atomic mass is 127. The average molecular weight is 436 g/mol. The highest BCUT2D eigenvalue weighted by Crippen LogP contribution is 2.27. The van der Waals surface area contributed by atoms with Gasteiger partial charge in [-0.2, -0.15) is 26.0 Å². The summed E-state index contributed by atoms with van der Waals surface area (Å²) in [6.07, 6.45) is 0. The molecular weight excluding hydrogens is 430 g/mol.